The Morgan fingerprint density at radius 2 is 2.11 bits per heavy atom. The second-order valence-electron chi connectivity index (χ2n) is 4.84. The third kappa shape index (κ3) is 2.93. The first kappa shape index (κ1) is 13.6. The summed E-state index contributed by atoms with van der Waals surface area (Å²) in [7, 11) is 0. The van der Waals surface area contributed by atoms with Crippen LogP contribution in [-0.2, 0) is 0 Å². The minimum atomic E-state index is 0. The summed E-state index contributed by atoms with van der Waals surface area (Å²) in [4.78, 5) is 2.53. The van der Waals surface area contributed by atoms with E-state index in [1.54, 1.807) is 12.1 Å². The average molecular weight is 270 g/mol. The maximum atomic E-state index is 5.94. The van der Waals surface area contributed by atoms with Crippen molar-refractivity contribution in [3.8, 4) is 5.88 Å². The van der Waals surface area contributed by atoms with Crippen molar-refractivity contribution in [3.05, 3.63) is 17.3 Å². The zero-order chi connectivity index (χ0) is 11.7. The zero-order valence-electron chi connectivity index (χ0n) is 9.68. The lowest BCUT2D eigenvalue weighted by molar-refractivity contribution is 0.0123. The van der Waals surface area contributed by atoms with E-state index in [4.69, 9.17) is 16.3 Å². The van der Waals surface area contributed by atoms with Crippen LogP contribution < -0.4 is 4.74 Å². The summed E-state index contributed by atoms with van der Waals surface area (Å²) in [5, 5.41) is 8.17. The highest BCUT2D eigenvalue weighted by molar-refractivity contribution is 6.29. The van der Waals surface area contributed by atoms with Crippen molar-refractivity contribution >= 4 is 11.6 Å². The molecule has 0 aliphatic carbocycles. The predicted octanol–water partition coefficient (Wildman–Crippen LogP) is 2.63. The molecule has 0 spiro atoms. The molecule has 2 aliphatic heterocycles. The molecule has 0 aromatic carbocycles. The molecule has 1 aromatic rings. The number of rotatable bonds is 2. The molecule has 2 aliphatic rings. The highest BCUT2D eigenvalue weighted by Crippen LogP contribution is 2.29. The molecule has 2 saturated heterocycles. The molecular weight excluding hydrogens is 250 g/mol. The fourth-order valence-electron chi connectivity index (χ4n) is 2.82. The fraction of sp³-hybridized carbons (Fsp3) is 0.692. The third-order valence-corrected chi connectivity index (χ3v) is 3.88. The van der Waals surface area contributed by atoms with Crippen molar-refractivity contribution in [2.75, 3.05) is 19.6 Å². The molecule has 3 unspecified atom stereocenters. The Morgan fingerprint density at radius 3 is 2.89 bits per heavy atom. The standard InChI is InChI=1S/C12H16ClN3O.CH4/c13-11-3-4-12(15-14-11)17-10-5-7-16-6-1-2-9(10)8-16;/h3-4,9-10H,1-2,5-8H2;1H4. The molecule has 4 nitrogen and oxygen atoms in total. The lowest BCUT2D eigenvalue weighted by atomic mass is 9.87. The first-order chi connectivity index (χ1) is 8.31. The van der Waals surface area contributed by atoms with Crippen molar-refractivity contribution in [2.45, 2.75) is 32.8 Å². The maximum absolute atomic E-state index is 5.94. The van der Waals surface area contributed by atoms with Gasteiger partial charge in [-0.1, -0.05) is 19.0 Å². The predicted molar refractivity (Wildman–Crippen MR) is 72.0 cm³/mol. The van der Waals surface area contributed by atoms with E-state index < -0.39 is 0 Å². The summed E-state index contributed by atoms with van der Waals surface area (Å²) in [5.74, 6) is 1.24. The lowest BCUT2D eigenvalue weighted by Crippen LogP contribution is -2.49. The molecule has 100 valence electrons. The molecule has 0 amide bonds. The first-order valence-electron chi connectivity index (χ1n) is 6.19. The van der Waals surface area contributed by atoms with Crippen molar-refractivity contribution in [3.63, 3.8) is 0 Å². The molecule has 5 heteroatoms. The fourth-order valence-corrected chi connectivity index (χ4v) is 2.92. The van der Waals surface area contributed by atoms with Gasteiger partial charge in [0.15, 0.2) is 5.15 Å². The Balaban J connectivity index is 0.00000120. The van der Waals surface area contributed by atoms with Gasteiger partial charge in [-0.25, -0.2) is 0 Å². The number of ether oxygens (including phenoxy) is 1. The largest absolute Gasteiger partial charge is 0.473 e. The van der Waals surface area contributed by atoms with E-state index in [-0.39, 0.29) is 7.43 Å². The van der Waals surface area contributed by atoms with Gasteiger partial charge in [0.25, 0.3) is 0 Å². The SMILES string of the molecule is C.Clc1ccc(OC2CCN3CCCC2C3)nn1. The Morgan fingerprint density at radius 1 is 1.22 bits per heavy atom. The topological polar surface area (TPSA) is 38.2 Å². The molecule has 3 atom stereocenters. The molecule has 18 heavy (non-hydrogen) atoms. The number of halogens is 1. The van der Waals surface area contributed by atoms with Crippen LogP contribution in [0, 0.1) is 5.92 Å². The number of piperidine rings is 2. The van der Waals surface area contributed by atoms with Crippen LogP contribution in [0.4, 0.5) is 0 Å². The van der Waals surface area contributed by atoms with Crippen LogP contribution in [0.5, 0.6) is 5.88 Å². The van der Waals surface area contributed by atoms with E-state index in [9.17, 15) is 0 Å². The van der Waals surface area contributed by atoms with E-state index in [0.29, 0.717) is 23.1 Å². The molecule has 2 fully saturated rings. The van der Waals surface area contributed by atoms with Gasteiger partial charge in [-0.05, 0) is 31.9 Å². The number of hydrogen-bond acceptors (Lipinski definition) is 4. The Kier molecular flexibility index (Phi) is 4.40. The third-order valence-electron chi connectivity index (χ3n) is 3.68. The van der Waals surface area contributed by atoms with Crippen molar-refractivity contribution in [1.29, 1.82) is 0 Å². The Bertz CT molecular complexity index is 384. The van der Waals surface area contributed by atoms with Crippen LogP contribution in [0.2, 0.25) is 5.15 Å². The van der Waals surface area contributed by atoms with E-state index in [1.807, 2.05) is 0 Å². The molecular formula is C13H20ClN3O. The second kappa shape index (κ2) is 5.85. The maximum Gasteiger partial charge on any atom is 0.233 e. The minimum Gasteiger partial charge on any atom is -0.473 e. The van der Waals surface area contributed by atoms with Gasteiger partial charge >= 0.3 is 0 Å². The van der Waals surface area contributed by atoms with E-state index in [1.165, 1.54) is 25.9 Å². The van der Waals surface area contributed by atoms with E-state index in [2.05, 4.69) is 15.1 Å². The molecule has 0 N–H and O–H groups in total. The highest BCUT2D eigenvalue weighted by Gasteiger charge is 2.33. The van der Waals surface area contributed by atoms with Crippen molar-refractivity contribution < 1.29 is 4.74 Å². The number of nitrogens with zero attached hydrogens (tertiary/aromatic N) is 3. The van der Waals surface area contributed by atoms with Gasteiger partial charge in [0.1, 0.15) is 6.10 Å². The van der Waals surface area contributed by atoms with E-state index in [0.717, 1.165) is 13.0 Å². The van der Waals surface area contributed by atoms with Gasteiger partial charge in [0, 0.05) is 25.1 Å². The summed E-state index contributed by atoms with van der Waals surface area (Å²) in [6.07, 6.45) is 3.94. The average Bonchev–Trinajstić information content (AvgIpc) is 2.36. The van der Waals surface area contributed by atoms with Gasteiger partial charge in [0.05, 0.1) is 0 Å². The van der Waals surface area contributed by atoms with Gasteiger partial charge in [-0.2, -0.15) is 0 Å². The minimum absolute atomic E-state index is 0. The van der Waals surface area contributed by atoms with Crippen LogP contribution in [0.15, 0.2) is 12.1 Å². The summed E-state index contributed by atoms with van der Waals surface area (Å²) in [6, 6.07) is 3.52. The smallest absolute Gasteiger partial charge is 0.233 e. The summed E-state index contributed by atoms with van der Waals surface area (Å²) >= 11 is 5.70. The molecule has 3 heterocycles. The Labute approximate surface area is 113 Å². The van der Waals surface area contributed by atoms with Crippen molar-refractivity contribution in [1.82, 2.24) is 15.1 Å². The normalized spacial score (nSPS) is 30.4. The van der Waals surface area contributed by atoms with Crippen LogP contribution in [0.3, 0.4) is 0 Å². The molecule has 1 aromatic heterocycles. The monoisotopic (exact) mass is 269 g/mol. The summed E-state index contributed by atoms with van der Waals surface area (Å²) in [5.41, 5.74) is 0. The van der Waals surface area contributed by atoms with Crippen LogP contribution in [0.25, 0.3) is 0 Å². The van der Waals surface area contributed by atoms with Crippen LogP contribution in [-0.4, -0.2) is 40.8 Å². The molecule has 3 rings (SSSR count). The van der Waals surface area contributed by atoms with Crippen LogP contribution >= 0.6 is 11.6 Å². The highest BCUT2D eigenvalue weighted by atomic mass is 35.5. The quantitative estimate of drug-likeness (QED) is 0.827. The van der Waals surface area contributed by atoms with Gasteiger partial charge in [-0.15, -0.1) is 10.2 Å². The van der Waals surface area contributed by atoms with Gasteiger partial charge < -0.3 is 9.64 Å². The molecule has 0 radical (unpaired) electrons. The summed E-state index contributed by atoms with van der Waals surface area (Å²) in [6.45, 7) is 3.57. The zero-order valence-corrected chi connectivity index (χ0v) is 10.4. The number of aromatic nitrogens is 2. The number of hydrogen-bond donors (Lipinski definition) is 0. The molecule has 2 bridgehead atoms. The number of fused-ring (bicyclic) bond motifs is 2. The van der Waals surface area contributed by atoms with Crippen LogP contribution in [0.1, 0.15) is 26.7 Å². The Hall–Kier alpha value is -0.870. The summed E-state index contributed by atoms with van der Waals surface area (Å²) < 4.78 is 5.94. The van der Waals surface area contributed by atoms with Gasteiger partial charge in [-0.3, -0.25) is 0 Å². The second-order valence-corrected chi connectivity index (χ2v) is 5.23. The molecule has 0 saturated carbocycles. The van der Waals surface area contributed by atoms with Crippen molar-refractivity contribution in [2.24, 2.45) is 5.92 Å². The van der Waals surface area contributed by atoms with E-state index >= 15 is 0 Å². The first-order valence-corrected chi connectivity index (χ1v) is 6.57. The lowest BCUT2D eigenvalue weighted by Gasteiger charge is -2.42. The van der Waals surface area contributed by atoms with Gasteiger partial charge in [0.2, 0.25) is 5.88 Å².